The van der Waals surface area contributed by atoms with E-state index in [-0.39, 0.29) is 11.6 Å². The molecule has 0 bridgehead atoms. The van der Waals surface area contributed by atoms with E-state index in [9.17, 15) is 4.39 Å². The van der Waals surface area contributed by atoms with Crippen molar-refractivity contribution in [3.63, 3.8) is 0 Å². The molecule has 0 aliphatic rings. The predicted molar refractivity (Wildman–Crippen MR) is 45.3 cm³/mol. The van der Waals surface area contributed by atoms with Gasteiger partial charge in [-0.2, -0.15) is 11.8 Å². The van der Waals surface area contributed by atoms with Crippen molar-refractivity contribution in [2.45, 2.75) is 5.75 Å². The fourth-order valence-corrected chi connectivity index (χ4v) is 1.41. The van der Waals surface area contributed by atoms with Crippen LogP contribution in [0.2, 0.25) is 0 Å². The van der Waals surface area contributed by atoms with Gasteiger partial charge >= 0.3 is 0 Å². The molecule has 0 fully saturated rings. The van der Waals surface area contributed by atoms with Crippen molar-refractivity contribution in [3.8, 4) is 5.75 Å². The average molecular weight is 172 g/mol. The van der Waals surface area contributed by atoms with Crippen LogP contribution in [0.15, 0.2) is 18.2 Å². The van der Waals surface area contributed by atoms with E-state index in [0.29, 0.717) is 11.3 Å². The standard InChI is InChI=1S/C8H9FOS/c1-11-5-6-7(9)3-2-4-8(6)10/h2-4,10H,5H2,1H3. The summed E-state index contributed by atoms with van der Waals surface area (Å²) in [6, 6.07) is 4.34. The number of aromatic hydroxyl groups is 1. The van der Waals surface area contributed by atoms with Crippen molar-refractivity contribution in [2.24, 2.45) is 0 Å². The molecule has 1 rings (SSSR count). The summed E-state index contributed by atoms with van der Waals surface area (Å²) in [7, 11) is 0. The molecule has 0 aliphatic carbocycles. The van der Waals surface area contributed by atoms with E-state index in [4.69, 9.17) is 5.11 Å². The number of phenolic OH excluding ortho intramolecular Hbond substituents is 1. The van der Waals surface area contributed by atoms with Crippen LogP contribution in [-0.4, -0.2) is 11.4 Å². The van der Waals surface area contributed by atoms with Gasteiger partial charge in [0.1, 0.15) is 11.6 Å². The third-order valence-corrected chi connectivity index (χ3v) is 1.96. The van der Waals surface area contributed by atoms with Gasteiger partial charge in [0.05, 0.1) is 0 Å². The van der Waals surface area contributed by atoms with Gasteiger partial charge in [0.15, 0.2) is 0 Å². The third kappa shape index (κ3) is 1.87. The van der Waals surface area contributed by atoms with Crippen LogP contribution in [0.3, 0.4) is 0 Å². The van der Waals surface area contributed by atoms with E-state index >= 15 is 0 Å². The Labute approximate surface area is 69.2 Å². The Kier molecular flexibility index (Phi) is 2.76. The van der Waals surface area contributed by atoms with Crippen LogP contribution in [0.5, 0.6) is 5.75 Å². The molecule has 0 amide bonds. The number of thioether (sulfide) groups is 1. The maximum Gasteiger partial charge on any atom is 0.130 e. The highest BCUT2D eigenvalue weighted by molar-refractivity contribution is 7.97. The van der Waals surface area contributed by atoms with E-state index < -0.39 is 0 Å². The number of benzene rings is 1. The number of hydrogen-bond acceptors (Lipinski definition) is 2. The molecular weight excluding hydrogens is 163 g/mol. The highest BCUT2D eigenvalue weighted by atomic mass is 32.2. The first kappa shape index (κ1) is 8.40. The zero-order valence-electron chi connectivity index (χ0n) is 6.17. The summed E-state index contributed by atoms with van der Waals surface area (Å²) in [4.78, 5) is 0. The molecule has 1 N–H and O–H groups in total. The molecule has 0 aromatic heterocycles. The highest BCUT2D eigenvalue weighted by Gasteiger charge is 2.04. The van der Waals surface area contributed by atoms with Gasteiger partial charge in [0.2, 0.25) is 0 Å². The molecule has 60 valence electrons. The Morgan fingerprint density at radius 1 is 1.55 bits per heavy atom. The SMILES string of the molecule is CSCc1c(O)cccc1F. The smallest absolute Gasteiger partial charge is 0.130 e. The second-order valence-electron chi connectivity index (χ2n) is 2.17. The zero-order valence-corrected chi connectivity index (χ0v) is 6.99. The summed E-state index contributed by atoms with van der Waals surface area (Å²) in [6.45, 7) is 0. The van der Waals surface area contributed by atoms with Crippen LogP contribution >= 0.6 is 11.8 Å². The molecule has 0 radical (unpaired) electrons. The van der Waals surface area contributed by atoms with E-state index in [1.807, 2.05) is 6.26 Å². The maximum atomic E-state index is 12.9. The van der Waals surface area contributed by atoms with Crippen molar-refractivity contribution in [3.05, 3.63) is 29.6 Å². The largest absolute Gasteiger partial charge is 0.508 e. The van der Waals surface area contributed by atoms with Crippen molar-refractivity contribution < 1.29 is 9.50 Å². The third-order valence-electron chi connectivity index (χ3n) is 1.38. The fraction of sp³-hybridized carbons (Fsp3) is 0.250. The maximum absolute atomic E-state index is 12.9. The van der Waals surface area contributed by atoms with Crippen LogP contribution in [0.1, 0.15) is 5.56 Å². The topological polar surface area (TPSA) is 20.2 Å². The minimum atomic E-state index is -0.334. The van der Waals surface area contributed by atoms with Crippen LogP contribution in [0.4, 0.5) is 4.39 Å². The number of halogens is 1. The van der Waals surface area contributed by atoms with E-state index in [0.717, 1.165) is 0 Å². The number of rotatable bonds is 2. The molecule has 11 heavy (non-hydrogen) atoms. The monoisotopic (exact) mass is 172 g/mol. The molecule has 0 aliphatic heterocycles. The van der Waals surface area contributed by atoms with Gasteiger partial charge in [-0.25, -0.2) is 4.39 Å². The summed E-state index contributed by atoms with van der Waals surface area (Å²) in [5.74, 6) is 0.220. The minimum absolute atomic E-state index is 0.0411. The molecule has 0 saturated carbocycles. The number of hydrogen-bond donors (Lipinski definition) is 1. The average Bonchev–Trinajstić information content (AvgIpc) is 1.97. The lowest BCUT2D eigenvalue weighted by Gasteiger charge is -2.02. The Bertz CT molecular complexity index is 230. The van der Waals surface area contributed by atoms with Crippen molar-refractivity contribution in [2.75, 3.05) is 6.26 Å². The Morgan fingerprint density at radius 3 is 2.82 bits per heavy atom. The molecule has 0 atom stereocenters. The van der Waals surface area contributed by atoms with Crippen molar-refractivity contribution in [1.29, 1.82) is 0 Å². The van der Waals surface area contributed by atoms with Crippen LogP contribution in [-0.2, 0) is 5.75 Å². The molecular formula is C8H9FOS. The summed E-state index contributed by atoms with van der Waals surface area (Å²) in [6.07, 6.45) is 1.87. The van der Waals surface area contributed by atoms with Crippen LogP contribution < -0.4 is 0 Å². The van der Waals surface area contributed by atoms with E-state index in [1.165, 1.54) is 30.0 Å². The Balaban J connectivity index is 3.00. The summed E-state index contributed by atoms with van der Waals surface area (Å²) >= 11 is 1.48. The van der Waals surface area contributed by atoms with E-state index in [2.05, 4.69) is 0 Å². The van der Waals surface area contributed by atoms with Gasteiger partial charge < -0.3 is 5.11 Å². The van der Waals surface area contributed by atoms with Gasteiger partial charge in [0, 0.05) is 11.3 Å². The predicted octanol–water partition coefficient (Wildman–Crippen LogP) is 2.39. The lowest BCUT2D eigenvalue weighted by Crippen LogP contribution is -1.86. The van der Waals surface area contributed by atoms with Gasteiger partial charge in [-0.3, -0.25) is 0 Å². The van der Waals surface area contributed by atoms with Gasteiger partial charge in [-0.15, -0.1) is 0 Å². The van der Waals surface area contributed by atoms with Crippen LogP contribution in [0, 0.1) is 5.82 Å². The van der Waals surface area contributed by atoms with Gasteiger partial charge in [-0.1, -0.05) is 6.07 Å². The first-order valence-electron chi connectivity index (χ1n) is 3.21. The Morgan fingerprint density at radius 2 is 2.27 bits per heavy atom. The van der Waals surface area contributed by atoms with E-state index in [1.54, 1.807) is 0 Å². The minimum Gasteiger partial charge on any atom is -0.508 e. The first-order chi connectivity index (χ1) is 5.25. The normalized spacial score (nSPS) is 10.0. The molecule has 3 heteroatoms. The number of phenols is 1. The quantitative estimate of drug-likeness (QED) is 0.739. The van der Waals surface area contributed by atoms with Gasteiger partial charge in [-0.05, 0) is 18.4 Å². The lowest BCUT2D eigenvalue weighted by atomic mass is 10.2. The molecule has 1 aromatic carbocycles. The van der Waals surface area contributed by atoms with Crippen LogP contribution in [0.25, 0.3) is 0 Å². The molecule has 0 heterocycles. The summed E-state index contributed by atoms with van der Waals surface area (Å²) < 4.78 is 12.9. The molecule has 1 aromatic rings. The summed E-state index contributed by atoms with van der Waals surface area (Å²) in [5, 5.41) is 9.17. The molecule has 0 saturated heterocycles. The van der Waals surface area contributed by atoms with Gasteiger partial charge in [0.25, 0.3) is 0 Å². The molecule has 0 spiro atoms. The molecule has 0 unspecified atom stereocenters. The summed E-state index contributed by atoms with van der Waals surface area (Å²) in [5.41, 5.74) is 0.389. The molecule has 1 nitrogen and oxygen atoms in total. The lowest BCUT2D eigenvalue weighted by molar-refractivity contribution is 0.462. The fourth-order valence-electron chi connectivity index (χ4n) is 0.834. The second kappa shape index (κ2) is 3.62. The zero-order chi connectivity index (χ0) is 8.27. The second-order valence-corrected chi connectivity index (χ2v) is 3.04. The van der Waals surface area contributed by atoms with Crippen molar-refractivity contribution in [1.82, 2.24) is 0 Å². The van der Waals surface area contributed by atoms with Crippen molar-refractivity contribution >= 4 is 11.8 Å². The highest BCUT2D eigenvalue weighted by Crippen LogP contribution is 2.23. The first-order valence-corrected chi connectivity index (χ1v) is 4.60. The Hall–Kier alpha value is -0.700.